The van der Waals surface area contributed by atoms with Gasteiger partial charge < -0.3 is 5.32 Å². The van der Waals surface area contributed by atoms with Crippen molar-refractivity contribution in [1.82, 2.24) is 9.78 Å². The Kier molecular flexibility index (Phi) is 3.33. The number of rotatable bonds is 3. The van der Waals surface area contributed by atoms with Gasteiger partial charge in [-0.1, -0.05) is 6.07 Å². The van der Waals surface area contributed by atoms with Crippen LogP contribution in [0.2, 0.25) is 0 Å². The highest BCUT2D eigenvalue weighted by Crippen LogP contribution is 2.18. The van der Waals surface area contributed by atoms with Crippen molar-refractivity contribution in [2.45, 2.75) is 20.4 Å². The molecule has 0 aliphatic heterocycles. The Balaban J connectivity index is 2.16. The van der Waals surface area contributed by atoms with Gasteiger partial charge in [-0.05, 0) is 31.5 Å². The zero-order chi connectivity index (χ0) is 13.1. The van der Waals surface area contributed by atoms with Crippen molar-refractivity contribution in [3.05, 3.63) is 46.8 Å². The molecule has 0 spiro atoms. The standard InChI is InChI=1S/C14H16N4/c1-10-4-5-14(12(6-10)7-15)16-8-13-9-17-18(3)11(13)2/h4-6,9,16H,8H2,1-3H3. The number of hydrogen-bond donors (Lipinski definition) is 1. The monoisotopic (exact) mass is 240 g/mol. The molecule has 0 saturated heterocycles. The number of anilines is 1. The fraction of sp³-hybridized carbons (Fsp3) is 0.286. The molecule has 92 valence electrons. The lowest BCUT2D eigenvalue weighted by Crippen LogP contribution is -2.03. The van der Waals surface area contributed by atoms with E-state index in [4.69, 9.17) is 5.26 Å². The Morgan fingerprint density at radius 1 is 1.39 bits per heavy atom. The first kappa shape index (κ1) is 12.2. The Morgan fingerprint density at radius 3 is 2.78 bits per heavy atom. The fourth-order valence-corrected chi connectivity index (χ4v) is 1.81. The van der Waals surface area contributed by atoms with E-state index in [1.807, 2.05) is 50.0 Å². The summed E-state index contributed by atoms with van der Waals surface area (Å²) in [6.07, 6.45) is 1.85. The maximum absolute atomic E-state index is 9.09. The topological polar surface area (TPSA) is 53.6 Å². The van der Waals surface area contributed by atoms with Crippen molar-refractivity contribution in [1.29, 1.82) is 5.26 Å². The second-order valence-corrected chi connectivity index (χ2v) is 4.39. The van der Waals surface area contributed by atoms with Crippen LogP contribution >= 0.6 is 0 Å². The Labute approximate surface area is 107 Å². The molecule has 0 fully saturated rings. The van der Waals surface area contributed by atoms with E-state index in [0.717, 1.165) is 22.5 Å². The number of benzene rings is 1. The second kappa shape index (κ2) is 4.92. The van der Waals surface area contributed by atoms with Crippen LogP contribution in [0.4, 0.5) is 5.69 Å². The maximum Gasteiger partial charge on any atom is 0.101 e. The summed E-state index contributed by atoms with van der Waals surface area (Å²) in [6, 6.07) is 8.04. The van der Waals surface area contributed by atoms with Gasteiger partial charge in [-0.15, -0.1) is 0 Å². The van der Waals surface area contributed by atoms with E-state index < -0.39 is 0 Å². The van der Waals surface area contributed by atoms with E-state index in [1.165, 1.54) is 0 Å². The summed E-state index contributed by atoms with van der Waals surface area (Å²) in [4.78, 5) is 0. The number of nitrogens with zero attached hydrogens (tertiary/aromatic N) is 3. The first-order valence-corrected chi connectivity index (χ1v) is 5.84. The lowest BCUT2D eigenvalue weighted by molar-refractivity contribution is 0.738. The van der Waals surface area contributed by atoms with Gasteiger partial charge in [0.15, 0.2) is 0 Å². The number of hydrogen-bond acceptors (Lipinski definition) is 3. The van der Waals surface area contributed by atoms with Crippen LogP contribution in [0.5, 0.6) is 0 Å². The average Bonchev–Trinajstić information content (AvgIpc) is 2.68. The third-order valence-corrected chi connectivity index (χ3v) is 3.10. The van der Waals surface area contributed by atoms with E-state index in [1.54, 1.807) is 0 Å². The summed E-state index contributed by atoms with van der Waals surface area (Å²) in [6.45, 7) is 4.69. The highest BCUT2D eigenvalue weighted by molar-refractivity contribution is 5.58. The van der Waals surface area contributed by atoms with Gasteiger partial charge in [-0.3, -0.25) is 4.68 Å². The third-order valence-electron chi connectivity index (χ3n) is 3.10. The molecule has 0 bridgehead atoms. The summed E-state index contributed by atoms with van der Waals surface area (Å²) in [5, 5.41) is 16.6. The van der Waals surface area contributed by atoms with Gasteiger partial charge in [-0.2, -0.15) is 10.4 Å². The molecule has 1 heterocycles. The molecule has 0 atom stereocenters. The summed E-state index contributed by atoms with van der Waals surface area (Å²) < 4.78 is 1.84. The molecule has 0 unspecified atom stereocenters. The van der Waals surface area contributed by atoms with Gasteiger partial charge in [-0.25, -0.2) is 0 Å². The minimum Gasteiger partial charge on any atom is -0.380 e. The Bertz CT molecular complexity index is 605. The van der Waals surface area contributed by atoms with Gasteiger partial charge in [0.25, 0.3) is 0 Å². The molecule has 2 aromatic rings. The van der Waals surface area contributed by atoms with E-state index >= 15 is 0 Å². The zero-order valence-corrected chi connectivity index (χ0v) is 10.9. The van der Waals surface area contributed by atoms with Crippen LogP contribution in [0.25, 0.3) is 0 Å². The van der Waals surface area contributed by atoms with Crippen LogP contribution < -0.4 is 5.32 Å². The van der Waals surface area contributed by atoms with Crippen molar-refractivity contribution in [3.8, 4) is 6.07 Å². The molecule has 4 heteroatoms. The van der Waals surface area contributed by atoms with Gasteiger partial charge in [0.2, 0.25) is 0 Å². The molecule has 0 radical (unpaired) electrons. The summed E-state index contributed by atoms with van der Waals surface area (Å²) >= 11 is 0. The van der Waals surface area contributed by atoms with Crippen LogP contribution in [0.1, 0.15) is 22.4 Å². The number of nitriles is 1. The molecule has 0 saturated carbocycles. The van der Waals surface area contributed by atoms with E-state index in [0.29, 0.717) is 12.1 Å². The van der Waals surface area contributed by atoms with Crippen molar-refractivity contribution < 1.29 is 0 Å². The summed E-state index contributed by atoms with van der Waals surface area (Å²) in [7, 11) is 1.92. The van der Waals surface area contributed by atoms with Gasteiger partial charge in [0, 0.05) is 24.8 Å². The van der Waals surface area contributed by atoms with Gasteiger partial charge in [0.1, 0.15) is 6.07 Å². The minimum atomic E-state index is 0.677. The molecule has 0 amide bonds. The van der Waals surface area contributed by atoms with Crippen LogP contribution in [0.15, 0.2) is 24.4 Å². The lowest BCUT2D eigenvalue weighted by Gasteiger charge is -2.08. The quantitative estimate of drug-likeness (QED) is 0.896. The predicted octanol–water partition coefficient (Wildman–Crippen LogP) is 2.52. The smallest absolute Gasteiger partial charge is 0.101 e. The molecule has 4 nitrogen and oxygen atoms in total. The van der Waals surface area contributed by atoms with Gasteiger partial charge >= 0.3 is 0 Å². The largest absolute Gasteiger partial charge is 0.380 e. The highest BCUT2D eigenvalue weighted by Gasteiger charge is 2.05. The normalized spacial score (nSPS) is 10.1. The molecular weight excluding hydrogens is 224 g/mol. The summed E-state index contributed by atoms with van der Waals surface area (Å²) in [5.74, 6) is 0. The van der Waals surface area contributed by atoms with Crippen molar-refractivity contribution >= 4 is 5.69 Å². The van der Waals surface area contributed by atoms with Gasteiger partial charge in [0.05, 0.1) is 17.4 Å². The van der Waals surface area contributed by atoms with E-state index in [2.05, 4.69) is 16.5 Å². The maximum atomic E-state index is 9.09. The summed E-state index contributed by atoms with van der Waals surface area (Å²) in [5.41, 5.74) is 4.91. The zero-order valence-electron chi connectivity index (χ0n) is 10.9. The minimum absolute atomic E-state index is 0.677. The lowest BCUT2D eigenvalue weighted by atomic mass is 10.1. The average molecular weight is 240 g/mol. The fourth-order valence-electron chi connectivity index (χ4n) is 1.81. The molecule has 18 heavy (non-hydrogen) atoms. The number of nitrogens with one attached hydrogen (secondary N) is 1. The van der Waals surface area contributed by atoms with Crippen molar-refractivity contribution in [2.24, 2.45) is 7.05 Å². The van der Waals surface area contributed by atoms with Crippen LogP contribution in [-0.4, -0.2) is 9.78 Å². The molecular formula is C14H16N4. The molecule has 0 aliphatic rings. The van der Waals surface area contributed by atoms with Crippen LogP contribution in [0.3, 0.4) is 0 Å². The molecule has 1 aromatic heterocycles. The molecule has 0 aliphatic carbocycles. The van der Waals surface area contributed by atoms with Crippen molar-refractivity contribution in [2.75, 3.05) is 5.32 Å². The second-order valence-electron chi connectivity index (χ2n) is 4.39. The molecule has 1 aromatic carbocycles. The Morgan fingerprint density at radius 2 is 2.17 bits per heavy atom. The van der Waals surface area contributed by atoms with Crippen molar-refractivity contribution in [3.63, 3.8) is 0 Å². The first-order chi connectivity index (χ1) is 8.61. The van der Waals surface area contributed by atoms with E-state index in [9.17, 15) is 0 Å². The first-order valence-electron chi connectivity index (χ1n) is 5.84. The number of aromatic nitrogens is 2. The molecule has 1 N–H and O–H groups in total. The SMILES string of the molecule is Cc1ccc(NCc2cnn(C)c2C)c(C#N)c1. The van der Waals surface area contributed by atoms with E-state index in [-0.39, 0.29) is 0 Å². The third kappa shape index (κ3) is 2.35. The predicted molar refractivity (Wildman–Crippen MR) is 71.2 cm³/mol. The van der Waals surface area contributed by atoms with Crippen LogP contribution in [-0.2, 0) is 13.6 Å². The number of aryl methyl sites for hydroxylation is 2. The Hall–Kier alpha value is -2.28. The van der Waals surface area contributed by atoms with Crippen LogP contribution in [0, 0.1) is 25.2 Å². The highest BCUT2D eigenvalue weighted by atomic mass is 15.3. The molecule has 2 rings (SSSR count).